The van der Waals surface area contributed by atoms with Gasteiger partial charge in [-0.3, -0.25) is 20.0 Å². The number of nitro groups is 1. The number of nitro benzene ring substituents is 1. The number of ether oxygens (including phenoxy) is 1. The van der Waals surface area contributed by atoms with E-state index in [1.165, 1.54) is 25.3 Å². The smallest absolute Gasteiger partial charge is 0.273 e. The number of aryl methyl sites for hydroxylation is 1. The Morgan fingerprint density at radius 2 is 2.29 bits per heavy atom. The summed E-state index contributed by atoms with van der Waals surface area (Å²) in [5.74, 6) is 0.211. The van der Waals surface area contributed by atoms with E-state index in [-0.39, 0.29) is 17.0 Å². The Hall–Kier alpha value is -2.90. The summed E-state index contributed by atoms with van der Waals surface area (Å²) in [6, 6.07) is 3.82. The van der Waals surface area contributed by atoms with Crippen LogP contribution in [0.4, 0.5) is 11.5 Å². The Morgan fingerprint density at radius 1 is 1.52 bits per heavy atom. The second kappa shape index (κ2) is 6.04. The Morgan fingerprint density at radius 3 is 2.90 bits per heavy atom. The van der Waals surface area contributed by atoms with Crippen molar-refractivity contribution in [2.75, 3.05) is 12.4 Å². The molecule has 0 aliphatic rings. The molecule has 0 aliphatic carbocycles. The number of non-ortho nitro benzene ring substituents is 1. The molecule has 0 fully saturated rings. The van der Waals surface area contributed by atoms with E-state index in [2.05, 4.69) is 15.5 Å². The van der Waals surface area contributed by atoms with Crippen molar-refractivity contribution in [3.8, 4) is 5.75 Å². The van der Waals surface area contributed by atoms with Crippen LogP contribution in [0.15, 0.2) is 24.4 Å². The second-order valence-corrected chi connectivity index (χ2v) is 4.22. The molecule has 8 nitrogen and oxygen atoms in total. The van der Waals surface area contributed by atoms with E-state index in [0.29, 0.717) is 12.2 Å². The van der Waals surface area contributed by atoms with Crippen LogP contribution in [0.2, 0.25) is 0 Å². The first-order chi connectivity index (χ1) is 10.1. The van der Waals surface area contributed by atoms with Crippen LogP contribution in [0.5, 0.6) is 5.75 Å². The lowest BCUT2D eigenvalue weighted by Gasteiger charge is -2.09. The maximum atomic E-state index is 12.2. The van der Waals surface area contributed by atoms with E-state index in [9.17, 15) is 14.9 Å². The van der Waals surface area contributed by atoms with E-state index in [0.717, 1.165) is 5.56 Å². The zero-order valence-electron chi connectivity index (χ0n) is 11.5. The number of hydrogen-bond donors (Lipinski definition) is 2. The molecule has 110 valence electrons. The van der Waals surface area contributed by atoms with Crippen LogP contribution in [0.25, 0.3) is 0 Å². The fraction of sp³-hybridized carbons (Fsp3) is 0.231. The highest BCUT2D eigenvalue weighted by molar-refractivity contribution is 6.06. The lowest BCUT2D eigenvalue weighted by atomic mass is 10.1. The first kappa shape index (κ1) is 14.5. The minimum absolute atomic E-state index is 0.138. The number of benzene rings is 1. The van der Waals surface area contributed by atoms with Gasteiger partial charge in [-0.25, -0.2) is 0 Å². The number of aromatic nitrogens is 2. The zero-order chi connectivity index (χ0) is 15.4. The third-order valence-electron chi connectivity index (χ3n) is 2.98. The number of methoxy groups -OCH3 is 1. The van der Waals surface area contributed by atoms with Crippen LogP contribution in [0.3, 0.4) is 0 Å². The number of carbonyl (C=O) groups is 1. The molecule has 2 rings (SSSR count). The quantitative estimate of drug-likeness (QED) is 0.647. The fourth-order valence-electron chi connectivity index (χ4n) is 1.85. The number of carbonyl (C=O) groups excluding carboxylic acids is 1. The lowest BCUT2D eigenvalue weighted by Crippen LogP contribution is -2.14. The average Bonchev–Trinajstić information content (AvgIpc) is 2.93. The van der Waals surface area contributed by atoms with Gasteiger partial charge >= 0.3 is 0 Å². The molecular formula is C13H14N4O4. The van der Waals surface area contributed by atoms with Crippen molar-refractivity contribution in [3.05, 3.63) is 45.6 Å². The van der Waals surface area contributed by atoms with Gasteiger partial charge < -0.3 is 10.1 Å². The number of aromatic amines is 1. The van der Waals surface area contributed by atoms with Gasteiger partial charge in [-0.15, -0.1) is 0 Å². The molecule has 0 aliphatic heterocycles. The van der Waals surface area contributed by atoms with Crippen molar-refractivity contribution in [3.63, 3.8) is 0 Å². The number of nitrogens with zero attached hydrogens (tertiary/aromatic N) is 2. The maximum Gasteiger partial charge on any atom is 0.273 e. The number of rotatable bonds is 5. The first-order valence-corrected chi connectivity index (χ1v) is 6.22. The summed E-state index contributed by atoms with van der Waals surface area (Å²) in [5.41, 5.74) is 0.933. The summed E-state index contributed by atoms with van der Waals surface area (Å²) in [6.45, 7) is 1.94. The number of nitrogens with one attached hydrogen (secondary N) is 2. The van der Waals surface area contributed by atoms with Gasteiger partial charge in [0.15, 0.2) is 0 Å². The Labute approximate surface area is 120 Å². The molecule has 1 amide bonds. The molecule has 1 heterocycles. The minimum Gasteiger partial charge on any atom is -0.496 e. The largest absolute Gasteiger partial charge is 0.496 e. The predicted molar refractivity (Wildman–Crippen MR) is 75.6 cm³/mol. The lowest BCUT2D eigenvalue weighted by molar-refractivity contribution is -0.384. The molecule has 0 saturated carbocycles. The summed E-state index contributed by atoms with van der Waals surface area (Å²) in [6.07, 6.45) is 2.34. The topological polar surface area (TPSA) is 110 Å². The van der Waals surface area contributed by atoms with Crippen molar-refractivity contribution in [2.24, 2.45) is 0 Å². The standard InChI is InChI=1S/C13H14N4O4/c1-3-8-7-14-16-12(8)15-13(18)10-5-4-9(17(19)20)6-11(10)21-2/h4-7H,3H2,1-2H3,(H2,14,15,16,18). The fourth-order valence-corrected chi connectivity index (χ4v) is 1.85. The van der Waals surface area contributed by atoms with E-state index in [1.807, 2.05) is 6.92 Å². The molecule has 2 aromatic rings. The molecule has 21 heavy (non-hydrogen) atoms. The summed E-state index contributed by atoms with van der Waals surface area (Å²) in [4.78, 5) is 22.4. The highest BCUT2D eigenvalue weighted by atomic mass is 16.6. The summed E-state index contributed by atoms with van der Waals surface area (Å²) in [7, 11) is 1.35. The Bertz CT molecular complexity index is 681. The van der Waals surface area contributed by atoms with Crippen molar-refractivity contribution >= 4 is 17.4 Å². The minimum atomic E-state index is -0.547. The van der Waals surface area contributed by atoms with Crippen molar-refractivity contribution in [1.29, 1.82) is 0 Å². The molecule has 8 heteroatoms. The Balaban J connectivity index is 2.29. The van der Waals surface area contributed by atoms with Gasteiger partial charge in [0.2, 0.25) is 0 Å². The van der Waals surface area contributed by atoms with Crippen LogP contribution in [-0.4, -0.2) is 28.1 Å². The highest BCUT2D eigenvalue weighted by Gasteiger charge is 2.18. The summed E-state index contributed by atoms with van der Waals surface area (Å²) in [5, 5.41) is 20.0. The van der Waals surface area contributed by atoms with Crippen molar-refractivity contribution in [2.45, 2.75) is 13.3 Å². The number of hydrogen-bond acceptors (Lipinski definition) is 5. The number of amides is 1. The van der Waals surface area contributed by atoms with Crippen LogP contribution in [0, 0.1) is 10.1 Å². The van der Waals surface area contributed by atoms with Gasteiger partial charge in [0.1, 0.15) is 11.6 Å². The SMILES string of the molecule is CCc1cn[nH]c1NC(=O)c1ccc([N+](=O)[O-])cc1OC. The second-order valence-electron chi connectivity index (χ2n) is 4.22. The van der Waals surface area contributed by atoms with Gasteiger partial charge in [-0.2, -0.15) is 5.10 Å². The van der Waals surface area contributed by atoms with E-state index < -0.39 is 10.8 Å². The molecule has 0 saturated heterocycles. The van der Waals surface area contributed by atoms with Crippen LogP contribution in [0.1, 0.15) is 22.8 Å². The van der Waals surface area contributed by atoms with Gasteiger partial charge in [0, 0.05) is 11.6 Å². The average molecular weight is 290 g/mol. The molecule has 0 unspecified atom stereocenters. The van der Waals surface area contributed by atoms with Crippen molar-refractivity contribution in [1.82, 2.24) is 10.2 Å². The van der Waals surface area contributed by atoms with Crippen LogP contribution < -0.4 is 10.1 Å². The van der Waals surface area contributed by atoms with E-state index >= 15 is 0 Å². The van der Waals surface area contributed by atoms with Gasteiger partial charge in [0.05, 0.1) is 29.9 Å². The molecule has 1 aromatic carbocycles. The number of anilines is 1. The monoisotopic (exact) mass is 290 g/mol. The third-order valence-corrected chi connectivity index (χ3v) is 2.98. The van der Waals surface area contributed by atoms with Crippen LogP contribution >= 0.6 is 0 Å². The summed E-state index contributed by atoms with van der Waals surface area (Å²) < 4.78 is 5.04. The molecule has 1 aromatic heterocycles. The molecule has 0 spiro atoms. The molecule has 0 bridgehead atoms. The molecule has 0 radical (unpaired) electrons. The molecular weight excluding hydrogens is 276 g/mol. The zero-order valence-corrected chi connectivity index (χ0v) is 11.5. The van der Waals surface area contributed by atoms with Gasteiger partial charge in [0.25, 0.3) is 11.6 Å². The molecule has 0 atom stereocenters. The Kier molecular flexibility index (Phi) is 4.17. The highest BCUT2D eigenvalue weighted by Crippen LogP contribution is 2.25. The summed E-state index contributed by atoms with van der Waals surface area (Å²) >= 11 is 0. The van der Waals surface area contributed by atoms with Gasteiger partial charge in [-0.05, 0) is 12.5 Å². The molecule has 2 N–H and O–H groups in total. The maximum absolute atomic E-state index is 12.2. The number of H-pyrrole nitrogens is 1. The van der Waals surface area contributed by atoms with E-state index in [4.69, 9.17) is 4.74 Å². The van der Waals surface area contributed by atoms with E-state index in [1.54, 1.807) is 6.20 Å². The van der Waals surface area contributed by atoms with Crippen LogP contribution in [-0.2, 0) is 6.42 Å². The van der Waals surface area contributed by atoms with Gasteiger partial charge in [-0.1, -0.05) is 6.92 Å². The predicted octanol–water partition coefficient (Wildman–Crippen LogP) is 2.14. The third kappa shape index (κ3) is 2.99. The van der Waals surface area contributed by atoms with Crippen molar-refractivity contribution < 1.29 is 14.5 Å². The normalized spacial score (nSPS) is 10.2. The first-order valence-electron chi connectivity index (χ1n) is 6.22.